The van der Waals surface area contributed by atoms with E-state index in [1.807, 2.05) is 32.5 Å². The van der Waals surface area contributed by atoms with Crippen LogP contribution in [0.1, 0.15) is 32.0 Å². The van der Waals surface area contributed by atoms with Gasteiger partial charge in [-0.15, -0.1) is 0 Å². The van der Waals surface area contributed by atoms with Crippen LogP contribution in [-0.4, -0.2) is 89.8 Å². The summed E-state index contributed by atoms with van der Waals surface area (Å²) in [5.41, 5.74) is 2.20. The lowest BCUT2D eigenvalue weighted by molar-refractivity contribution is 0.136. The van der Waals surface area contributed by atoms with E-state index in [1.54, 1.807) is 17.3 Å². The lowest BCUT2D eigenvalue weighted by Gasteiger charge is -2.27. The number of aryl methyl sites for hydroxylation is 2. The zero-order chi connectivity index (χ0) is 23.5. The molecule has 4 heterocycles. The first kappa shape index (κ1) is 22.8. The number of hydrogen-bond acceptors (Lipinski definition) is 8. The Kier molecular flexibility index (Phi) is 6.68. The number of nitrogens with one attached hydrogen (secondary N) is 1. The molecule has 11 heteroatoms. The highest BCUT2D eigenvalue weighted by atomic mass is 16.4. The van der Waals surface area contributed by atoms with Gasteiger partial charge >= 0.3 is 6.09 Å². The Morgan fingerprint density at radius 1 is 1.24 bits per heavy atom. The summed E-state index contributed by atoms with van der Waals surface area (Å²) in [5.74, 6) is 2.05. The number of imidazole rings is 1. The molecular weight excluding hydrogens is 422 g/mol. The number of rotatable bonds is 8. The fraction of sp³-hybridized carbons (Fsp3) is 0.545. The van der Waals surface area contributed by atoms with E-state index in [0.29, 0.717) is 30.2 Å². The van der Waals surface area contributed by atoms with Crippen LogP contribution in [0.15, 0.2) is 18.7 Å². The van der Waals surface area contributed by atoms with Crippen LogP contribution in [0.2, 0.25) is 0 Å². The van der Waals surface area contributed by atoms with Gasteiger partial charge in [0.25, 0.3) is 0 Å². The Hall–Kier alpha value is -3.34. The zero-order valence-electron chi connectivity index (χ0n) is 19.6. The Morgan fingerprint density at radius 2 is 2.00 bits per heavy atom. The van der Waals surface area contributed by atoms with Crippen molar-refractivity contribution in [2.75, 3.05) is 32.5 Å². The normalized spacial score (nSPS) is 18.4. The van der Waals surface area contributed by atoms with Crippen molar-refractivity contribution in [1.82, 2.24) is 39.3 Å². The predicted molar refractivity (Wildman–Crippen MR) is 125 cm³/mol. The van der Waals surface area contributed by atoms with Gasteiger partial charge in [0.05, 0.1) is 11.6 Å². The SMILES string of the molecule is CCn1c(-c2cnc(C)nc2)nc2c(NC3CCN(C(=O)O)C3CCCN(C)C)ncnc21. The molecule has 0 saturated carbocycles. The number of anilines is 1. The van der Waals surface area contributed by atoms with E-state index < -0.39 is 6.09 Å². The maximum Gasteiger partial charge on any atom is 0.407 e. The Morgan fingerprint density at radius 3 is 2.67 bits per heavy atom. The standard InChI is InChI=1S/C22H31N9O2/c1-5-30-20(15-11-23-14(2)24-12-15)28-18-19(25-13-26-21(18)30)27-16-8-10-31(22(32)33)17(16)7-6-9-29(3)4/h11-13,16-17H,5-10H2,1-4H3,(H,32,33)(H,25,26,27). The quantitative estimate of drug-likeness (QED) is 0.529. The van der Waals surface area contributed by atoms with Crippen LogP contribution in [0.5, 0.6) is 0 Å². The van der Waals surface area contributed by atoms with Crippen LogP contribution in [0.4, 0.5) is 10.6 Å². The second-order valence-corrected chi connectivity index (χ2v) is 8.62. The van der Waals surface area contributed by atoms with E-state index in [1.165, 1.54) is 6.33 Å². The molecule has 1 aliphatic heterocycles. The van der Waals surface area contributed by atoms with E-state index in [-0.39, 0.29) is 12.1 Å². The molecule has 4 rings (SSSR count). The summed E-state index contributed by atoms with van der Waals surface area (Å²) in [7, 11) is 4.05. The molecule has 1 saturated heterocycles. The van der Waals surface area contributed by atoms with Crippen molar-refractivity contribution in [2.45, 2.75) is 51.7 Å². The summed E-state index contributed by atoms with van der Waals surface area (Å²) in [5, 5.41) is 13.2. The molecule has 0 aromatic carbocycles. The van der Waals surface area contributed by atoms with Crippen molar-refractivity contribution in [2.24, 2.45) is 0 Å². The van der Waals surface area contributed by atoms with E-state index in [4.69, 9.17) is 4.98 Å². The molecule has 1 fully saturated rings. The van der Waals surface area contributed by atoms with Crippen LogP contribution in [0.25, 0.3) is 22.6 Å². The molecule has 3 aromatic heterocycles. The highest BCUT2D eigenvalue weighted by Crippen LogP contribution is 2.30. The average molecular weight is 454 g/mol. The van der Waals surface area contributed by atoms with Crippen LogP contribution >= 0.6 is 0 Å². The fourth-order valence-corrected chi connectivity index (χ4v) is 4.48. The van der Waals surface area contributed by atoms with Gasteiger partial charge in [-0.1, -0.05) is 0 Å². The summed E-state index contributed by atoms with van der Waals surface area (Å²) in [6, 6.07) is -0.162. The topological polar surface area (TPSA) is 125 Å². The highest BCUT2D eigenvalue weighted by molar-refractivity contribution is 5.86. The second kappa shape index (κ2) is 9.65. The monoisotopic (exact) mass is 453 g/mol. The summed E-state index contributed by atoms with van der Waals surface area (Å²) in [6.45, 7) is 5.98. The number of amides is 1. The van der Waals surface area contributed by atoms with Gasteiger partial charge < -0.3 is 24.8 Å². The summed E-state index contributed by atoms with van der Waals surface area (Å²) in [6.07, 6.45) is 6.60. The van der Waals surface area contributed by atoms with Gasteiger partial charge in [0.15, 0.2) is 17.0 Å². The Bertz CT molecular complexity index is 1110. The third-order valence-corrected chi connectivity index (χ3v) is 6.11. The minimum atomic E-state index is -0.876. The molecule has 0 spiro atoms. The molecule has 0 bridgehead atoms. The van der Waals surface area contributed by atoms with Crippen molar-refractivity contribution >= 4 is 23.1 Å². The van der Waals surface area contributed by atoms with Gasteiger partial charge in [-0.25, -0.2) is 29.7 Å². The number of likely N-dealkylation sites (tertiary alicyclic amines) is 1. The number of carbonyl (C=O) groups is 1. The zero-order valence-corrected chi connectivity index (χ0v) is 19.6. The molecule has 3 aromatic rings. The maximum absolute atomic E-state index is 11.8. The molecule has 2 unspecified atom stereocenters. The van der Waals surface area contributed by atoms with Crippen molar-refractivity contribution in [3.8, 4) is 11.4 Å². The first-order valence-corrected chi connectivity index (χ1v) is 11.3. The third-order valence-electron chi connectivity index (χ3n) is 6.11. The largest absolute Gasteiger partial charge is 0.465 e. The molecule has 1 aliphatic rings. The van der Waals surface area contributed by atoms with E-state index in [9.17, 15) is 9.90 Å². The smallest absolute Gasteiger partial charge is 0.407 e. The molecule has 2 N–H and O–H groups in total. The molecule has 2 atom stereocenters. The molecular formula is C22H31N9O2. The van der Waals surface area contributed by atoms with Gasteiger partial charge in [0.2, 0.25) is 0 Å². The lowest BCUT2D eigenvalue weighted by Crippen LogP contribution is -2.42. The Labute approximate surface area is 192 Å². The highest BCUT2D eigenvalue weighted by Gasteiger charge is 2.37. The lowest BCUT2D eigenvalue weighted by atomic mass is 10.0. The van der Waals surface area contributed by atoms with E-state index >= 15 is 0 Å². The van der Waals surface area contributed by atoms with Crippen molar-refractivity contribution in [3.63, 3.8) is 0 Å². The predicted octanol–water partition coefficient (Wildman–Crippen LogP) is 2.49. The first-order chi connectivity index (χ1) is 15.9. The number of fused-ring (bicyclic) bond motifs is 1. The molecule has 11 nitrogen and oxygen atoms in total. The summed E-state index contributed by atoms with van der Waals surface area (Å²) < 4.78 is 2.02. The summed E-state index contributed by atoms with van der Waals surface area (Å²) >= 11 is 0. The number of aromatic nitrogens is 6. The minimum Gasteiger partial charge on any atom is -0.465 e. The van der Waals surface area contributed by atoms with Crippen LogP contribution in [0.3, 0.4) is 0 Å². The van der Waals surface area contributed by atoms with Crippen molar-refractivity contribution in [1.29, 1.82) is 0 Å². The first-order valence-electron chi connectivity index (χ1n) is 11.3. The van der Waals surface area contributed by atoms with Gasteiger partial charge in [0.1, 0.15) is 18.0 Å². The van der Waals surface area contributed by atoms with Crippen molar-refractivity contribution in [3.05, 3.63) is 24.5 Å². The van der Waals surface area contributed by atoms with Crippen LogP contribution < -0.4 is 5.32 Å². The molecule has 176 valence electrons. The van der Waals surface area contributed by atoms with Gasteiger partial charge in [-0.2, -0.15) is 0 Å². The summed E-state index contributed by atoms with van der Waals surface area (Å²) in [4.78, 5) is 37.9. The van der Waals surface area contributed by atoms with Crippen molar-refractivity contribution < 1.29 is 9.90 Å². The average Bonchev–Trinajstić information content (AvgIpc) is 3.36. The van der Waals surface area contributed by atoms with Gasteiger partial charge in [-0.3, -0.25) is 0 Å². The molecule has 1 amide bonds. The van der Waals surface area contributed by atoms with E-state index in [2.05, 4.69) is 30.2 Å². The molecule has 0 radical (unpaired) electrons. The third kappa shape index (κ3) is 4.72. The number of nitrogens with zero attached hydrogens (tertiary/aromatic N) is 8. The Balaban J connectivity index is 1.65. The van der Waals surface area contributed by atoms with Crippen LogP contribution in [-0.2, 0) is 6.54 Å². The van der Waals surface area contributed by atoms with Gasteiger partial charge in [0, 0.05) is 31.5 Å². The fourth-order valence-electron chi connectivity index (χ4n) is 4.48. The number of hydrogen-bond donors (Lipinski definition) is 2. The number of carboxylic acid groups (broad SMARTS) is 1. The van der Waals surface area contributed by atoms with Gasteiger partial charge in [-0.05, 0) is 53.8 Å². The minimum absolute atomic E-state index is 0.0423. The molecule has 33 heavy (non-hydrogen) atoms. The molecule has 0 aliphatic carbocycles. The second-order valence-electron chi connectivity index (χ2n) is 8.62. The maximum atomic E-state index is 11.8. The van der Waals surface area contributed by atoms with E-state index in [0.717, 1.165) is 42.8 Å². The van der Waals surface area contributed by atoms with Crippen LogP contribution in [0, 0.1) is 6.92 Å².